The van der Waals surface area contributed by atoms with Crippen molar-refractivity contribution in [3.63, 3.8) is 0 Å². The molecule has 1 amide bonds. The Labute approximate surface area is 153 Å². The molecule has 25 heavy (non-hydrogen) atoms. The molecule has 0 saturated heterocycles. The molecule has 0 aliphatic carbocycles. The van der Waals surface area contributed by atoms with Gasteiger partial charge in [-0.2, -0.15) is 0 Å². The Bertz CT molecular complexity index is 1010. The van der Waals surface area contributed by atoms with E-state index in [1.54, 1.807) is 22.7 Å². The zero-order valence-electron chi connectivity index (χ0n) is 13.3. The van der Waals surface area contributed by atoms with Crippen molar-refractivity contribution in [2.24, 2.45) is 0 Å². The fraction of sp³-hybridized carbons (Fsp3) is 0.158. The van der Waals surface area contributed by atoms with E-state index < -0.39 is 0 Å². The summed E-state index contributed by atoms with van der Waals surface area (Å²) < 4.78 is 1.90. The number of carbonyl (C=O) groups excluding carboxylic acids is 1. The summed E-state index contributed by atoms with van der Waals surface area (Å²) in [4.78, 5) is 22.4. The summed E-state index contributed by atoms with van der Waals surface area (Å²) in [5.74, 6) is -0.000972. The van der Waals surface area contributed by atoms with Crippen LogP contribution < -0.4 is 0 Å². The van der Waals surface area contributed by atoms with Crippen LogP contribution in [0.2, 0.25) is 0 Å². The molecule has 0 aromatic carbocycles. The molecule has 6 heteroatoms. The third-order valence-corrected chi connectivity index (χ3v) is 6.54. The molecule has 4 aromatic rings. The van der Waals surface area contributed by atoms with Crippen LogP contribution in [0.3, 0.4) is 0 Å². The van der Waals surface area contributed by atoms with E-state index in [-0.39, 0.29) is 11.9 Å². The van der Waals surface area contributed by atoms with Gasteiger partial charge in [0.05, 0.1) is 6.04 Å². The maximum Gasteiger partial charge on any atom is 0.274 e. The molecule has 0 fully saturated rings. The highest BCUT2D eigenvalue weighted by atomic mass is 32.1. The van der Waals surface area contributed by atoms with Gasteiger partial charge in [-0.05, 0) is 47.0 Å². The quantitative estimate of drug-likeness (QED) is 0.533. The third-order valence-electron chi connectivity index (χ3n) is 4.62. The van der Waals surface area contributed by atoms with Gasteiger partial charge in [0, 0.05) is 28.7 Å². The monoisotopic (exact) mass is 365 g/mol. The SMILES string of the molecule is O=C(c1cn2ccccc2n1)N1CCc2sccc2[C@@H]1c1cccs1. The van der Waals surface area contributed by atoms with Crippen LogP contribution in [0.5, 0.6) is 0 Å². The molecule has 5 rings (SSSR count). The zero-order valence-corrected chi connectivity index (χ0v) is 15.0. The lowest BCUT2D eigenvalue weighted by Crippen LogP contribution is -2.39. The van der Waals surface area contributed by atoms with E-state index >= 15 is 0 Å². The predicted octanol–water partition coefficient (Wildman–Crippen LogP) is 4.25. The summed E-state index contributed by atoms with van der Waals surface area (Å²) in [6, 6.07) is 12.1. The lowest BCUT2D eigenvalue weighted by atomic mass is 9.98. The lowest BCUT2D eigenvalue weighted by molar-refractivity contribution is 0.0693. The topological polar surface area (TPSA) is 37.6 Å². The number of aromatic nitrogens is 2. The van der Waals surface area contributed by atoms with Gasteiger partial charge in [0.2, 0.25) is 0 Å². The Balaban J connectivity index is 1.58. The van der Waals surface area contributed by atoms with Crippen LogP contribution in [-0.2, 0) is 6.42 Å². The standard InChI is InChI=1S/C19H15N3OS2/c23-19(14-12-21-8-2-1-5-17(21)20-14)22-9-6-15-13(7-11-25-15)18(22)16-4-3-10-24-16/h1-5,7-8,10-12,18H,6,9H2/t18-/m1/s1. The Morgan fingerprint density at radius 1 is 1.12 bits per heavy atom. The summed E-state index contributed by atoms with van der Waals surface area (Å²) in [5, 5.41) is 4.20. The minimum Gasteiger partial charge on any atom is -0.325 e. The van der Waals surface area contributed by atoms with E-state index in [1.165, 1.54) is 15.3 Å². The Kier molecular flexibility index (Phi) is 3.46. The van der Waals surface area contributed by atoms with Crippen molar-refractivity contribution in [3.8, 4) is 0 Å². The average molecular weight is 365 g/mol. The van der Waals surface area contributed by atoms with Crippen LogP contribution in [0.15, 0.2) is 59.6 Å². The molecule has 1 atom stereocenters. The summed E-state index contributed by atoms with van der Waals surface area (Å²) in [6.07, 6.45) is 4.66. The molecule has 1 aliphatic rings. The second-order valence-electron chi connectivity index (χ2n) is 6.06. The van der Waals surface area contributed by atoms with Gasteiger partial charge in [0.25, 0.3) is 5.91 Å². The van der Waals surface area contributed by atoms with Crippen LogP contribution in [-0.4, -0.2) is 26.7 Å². The van der Waals surface area contributed by atoms with Crippen molar-refractivity contribution < 1.29 is 4.79 Å². The number of imidazole rings is 1. The van der Waals surface area contributed by atoms with E-state index in [4.69, 9.17) is 0 Å². The molecule has 1 aliphatic heterocycles. The number of hydrogen-bond acceptors (Lipinski definition) is 4. The van der Waals surface area contributed by atoms with Crippen LogP contribution >= 0.6 is 22.7 Å². The van der Waals surface area contributed by atoms with Crippen molar-refractivity contribution in [1.82, 2.24) is 14.3 Å². The number of thiophene rings is 2. The van der Waals surface area contributed by atoms with Gasteiger partial charge >= 0.3 is 0 Å². The highest BCUT2D eigenvalue weighted by molar-refractivity contribution is 7.10. The fourth-order valence-electron chi connectivity index (χ4n) is 3.47. The maximum atomic E-state index is 13.3. The smallest absolute Gasteiger partial charge is 0.274 e. The minimum atomic E-state index is -0.00712. The molecule has 0 spiro atoms. The Hall–Kier alpha value is -2.44. The molecule has 0 N–H and O–H groups in total. The van der Waals surface area contributed by atoms with E-state index in [0.717, 1.165) is 18.6 Å². The first-order chi connectivity index (χ1) is 12.3. The predicted molar refractivity (Wildman–Crippen MR) is 100 cm³/mol. The van der Waals surface area contributed by atoms with Crippen LogP contribution in [0, 0.1) is 0 Å². The molecule has 4 nitrogen and oxygen atoms in total. The summed E-state index contributed by atoms with van der Waals surface area (Å²) in [5.41, 5.74) is 2.56. The van der Waals surface area contributed by atoms with Gasteiger partial charge in [0.1, 0.15) is 11.3 Å². The molecule has 0 unspecified atom stereocenters. The van der Waals surface area contributed by atoms with E-state index in [2.05, 4.69) is 27.9 Å². The first-order valence-corrected chi connectivity index (χ1v) is 9.91. The van der Waals surface area contributed by atoms with Crippen molar-refractivity contribution in [2.45, 2.75) is 12.5 Å². The van der Waals surface area contributed by atoms with Gasteiger partial charge in [-0.1, -0.05) is 12.1 Å². The van der Waals surface area contributed by atoms with Crippen molar-refractivity contribution in [2.75, 3.05) is 6.54 Å². The molecule has 0 saturated carbocycles. The number of hydrogen-bond donors (Lipinski definition) is 0. The minimum absolute atomic E-state index is 0.000972. The number of rotatable bonds is 2. The first-order valence-electron chi connectivity index (χ1n) is 8.15. The zero-order chi connectivity index (χ0) is 16.8. The largest absolute Gasteiger partial charge is 0.325 e. The number of pyridine rings is 1. The van der Waals surface area contributed by atoms with Gasteiger partial charge in [0.15, 0.2) is 0 Å². The highest BCUT2D eigenvalue weighted by Crippen LogP contribution is 2.40. The first kappa shape index (κ1) is 14.9. The number of amides is 1. The molecular weight excluding hydrogens is 350 g/mol. The summed E-state index contributed by atoms with van der Waals surface area (Å²) in [7, 11) is 0. The molecule has 0 radical (unpaired) electrons. The second-order valence-corrected chi connectivity index (χ2v) is 8.04. The molecular formula is C19H15N3OS2. The number of nitrogens with zero attached hydrogens (tertiary/aromatic N) is 3. The summed E-state index contributed by atoms with van der Waals surface area (Å²) in [6.45, 7) is 0.725. The van der Waals surface area contributed by atoms with Crippen LogP contribution in [0.4, 0.5) is 0 Å². The van der Waals surface area contributed by atoms with Crippen LogP contribution in [0.25, 0.3) is 5.65 Å². The van der Waals surface area contributed by atoms with Crippen molar-refractivity contribution >= 4 is 34.2 Å². The van der Waals surface area contributed by atoms with E-state index in [0.29, 0.717) is 5.69 Å². The second kappa shape index (κ2) is 5.82. The van der Waals surface area contributed by atoms with Crippen molar-refractivity contribution in [3.05, 3.63) is 80.6 Å². The van der Waals surface area contributed by atoms with E-state index in [1.807, 2.05) is 46.0 Å². The van der Waals surface area contributed by atoms with E-state index in [9.17, 15) is 4.79 Å². The number of fused-ring (bicyclic) bond motifs is 2. The van der Waals surface area contributed by atoms with Gasteiger partial charge in [-0.15, -0.1) is 22.7 Å². The van der Waals surface area contributed by atoms with Gasteiger partial charge < -0.3 is 9.30 Å². The maximum absolute atomic E-state index is 13.3. The lowest BCUT2D eigenvalue weighted by Gasteiger charge is -2.35. The average Bonchev–Trinajstić information content (AvgIpc) is 3.39. The molecule has 4 aromatic heterocycles. The fourth-order valence-corrected chi connectivity index (χ4v) is 5.23. The number of carbonyl (C=O) groups is 1. The molecule has 5 heterocycles. The van der Waals surface area contributed by atoms with Gasteiger partial charge in [-0.25, -0.2) is 4.98 Å². The third kappa shape index (κ3) is 2.41. The highest BCUT2D eigenvalue weighted by Gasteiger charge is 2.34. The normalized spacial score (nSPS) is 17.0. The summed E-state index contributed by atoms with van der Waals surface area (Å²) >= 11 is 3.49. The molecule has 0 bridgehead atoms. The Morgan fingerprint density at radius 2 is 2.08 bits per heavy atom. The van der Waals surface area contributed by atoms with Crippen molar-refractivity contribution in [1.29, 1.82) is 0 Å². The Morgan fingerprint density at radius 3 is 2.92 bits per heavy atom. The van der Waals surface area contributed by atoms with Crippen LogP contribution in [0.1, 0.15) is 31.8 Å². The molecule has 124 valence electrons. The van der Waals surface area contributed by atoms with Gasteiger partial charge in [-0.3, -0.25) is 4.79 Å².